The predicted octanol–water partition coefficient (Wildman–Crippen LogP) is 6.43. The standard InChI is InChI=1S/C33H40ClN5O3S/c34-25-17-15-23(16-18-25)20-39-21-24(27-11-6-7-12-29(27)39)19-35-38-31(41)14-4-2-1-3-9-26(40)10-5-8-13-30-32-28(22-43-30)36-33(42)37-32/h6-7,11-12,15-19,21,28,30,32H,1-5,8-10,13-14,20,22H2,(H,38,41)(H2,36,37,42)/b35-19+. The molecule has 43 heavy (non-hydrogen) atoms. The van der Waals surface area contributed by atoms with Gasteiger partial charge in [0.1, 0.15) is 5.78 Å². The normalized spacial score (nSPS) is 19.5. The molecule has 3 atom stereocenters. The molecule has 2 fully saturated rings. The van der Waals surface area contributed by atoms with Gasteiger partial charge in [-0.05, 0) is 49.4 Å². The minimum atomic E-state index is -0.100. The van der Waals surface area contributed by atoms with Gasteiger partial charge in [0, 0.05) is 64.5 Å². The Morgan fingerprint density at radius 2 is 1.72 bits per heavy atom. The number of nitrogens with one attached hydrogen (secondary N) is 3. The van der Waals surface area contributed by atoms with Gasteiger partial charge in [0.05, 0.1) is 18.3 Å². The van der Waals surface area contributed by atoms with Gasteiger partial charge >= 0.3 is 6.03 Å². The molecule has 5 rings (SSSR count). The Kier molecular flexibility index (Phi) is 11.2. The first-order chi connectivity index (χ1) is 21.0. The Morgan fingerprint density at radius 3 is 2.53 bits per heavy atom. The molecule has 8 nitrogen and oxygen atoms in total. The van der Waals surface area contributed by atoms with Crippen LogP contribution in [0.2, 0.25) is 5.02 Å². The van der Waals surface area contributed by atoms with Crippen LogP contribution in [0, 0.1) is 0 Å². The van der Waals surface area contributed by atoms with E-state index >= 15 is 0 Å². The molecule has 0 radical (unpaired) electrons. The zero-order valence-corrected chi connectivity index (χ0v) is 26.0. The molecule has 3 amide bonds. The van der Waals surface area contributed by atoms with E-state index in [2.05, 4.69) is 37.9 Å². The monoisotopic (exact) mass is 621 g/mol. The highest BCUT2D eigenvalue weighted by atomic mass is 35.5. The lowest BCUT2D eigenvalue weighted by Gasteiger charge is -2.16. The SMILES string of the molecule is O=C(CCCCCCC(=O)N/N=C/c1cn(Cc2ccc(Cl)cc2)c2ccccc12)CCCCC1SCC2NC(=O)NC21. The molecule has 228 valence electrons. The molecular weight excluding hydrogens is 582 g/mol. The second-order valence-electron chi connectivity index (χ2n) is 11.5. The van der Waals surface area contributed by atoms with E-state index < -0.39 is 0 Å². The van der Waals surface area contributed by atoms with Crippen molar-refractivity contribution in [3.63, 3.8) is 0 Å². The number of fused-ring (bicyclic) bond motifs is 2. The number of benzene rings is 2. The van der Waals surface area contributed by atoms with Crippen molar-refractivity contribution in [2.24, 2.45) is 5.10 Å². The van der Waals surface area contributed by atoms with E-state index in [1.54, 1.807) is 6.21 Å². The number of ketones is 1. The topological polar surface area (TPSA) is 105 Å². The fraction of sp³-hybridized carbons (Fsp3) is 0.455. The van der Waals surface area contributed by atoms with Crippen molar-refractivity contribution in [2.45, 2.75) is 88.1 Å². The summed E-state index contributed by atoms with van der Waals surface area (Å²) in [6.07, 6.45) is 11.9. The Labute approximate surface area is 262 Å². The van der Waals surface area contributed by atoms with E-state index in [1.165, 1.54) is 0 Å². The van der Waals surface area contributed by atoms with Gasteiger partial charge in [-0.3, -0.25) is 9.59 Å². The van der Waals surface area contributed by atoms with Crippen LogP contribution in [0.15, 0.2) is 59.8 Å². The van der Waals surface area contributed by atoms with Crippen LogP contribution in [0.1, 0.15) is 75.3 Å². The number of hydrogen-bond acceptors (Lipinski definition) is 5. The number of hydrazone groups is 1. The third-order valence-corrected chi connectivity index (χ3v) is 9.98. The first-order valence-corrected chi connectivity index (χ1v) is 16.7. The smallest absolute Gasteiger partial charge is 0.315 e. The van der Waals surface area contributed by atoms with E-state index in [-0.39, 0.29) is 24.0 Å². The molecule has 0 bridgehead atoms. The van der Waals surface area contributed by atoms with Gasteiger partial charge in [-0.15, -0.1) is 0 Å². The molecule has 0 spiro atoms. The lowest BCUT2D eigenvalue weighted by Crippen LogP contribution is -2.36. The van der Waals surface area contributed by atoms with Crippen LogP contribution >= 0.6 is 23.4 Å². The van der Waals surface area contributed by atoms with Crippen molar-refractivity contribution in [1.29, 1.82) is 0 Å². The summed E-state index contributed by atoms with van der Waals surface area (Å²) in [5.41, 5.74) is 5.86. The molecule has 0 saturated carbocycles. The van der Waals surface area contributed by atoms with E-state index in [4.69, 9.17) is 11.6 Å². The van der Waals surface area contributed by atoms with Crippen LogP contribution in [0.3, 0.4) is 0 Å². The number of halogens is 1. The number of Topliss-reactive ketones (excluding diaryl/α,β-unsaturated/α-hetero) is 1. The molecule has 10 heteroatoms. The average molecular weight is 622 g/mol. The largest absolute Gasteiger partial charge is 0.342 e. The van der Waals surface area contributed by atoms with Crippen molar-refractivity contribution in [3.8, 4) is 0 Å². The van der Waals surface area contributed by atoms with Crippen molar-refractivity contribution in [3.05, 3.63) is 70.9 Å². The Balaban J connectivity index is 0.934. The second-order valence-corrected chi connectivity index (χ2v) is 13.2. The first-order valence-electron chi connectivity index (χ1n) is 15.3. The van der Waals surface area contributed by atoms with Crippen molar-refractivity contribution in [1.82, 2.24) is 20.6 Å². The fourth-order valence-electron chi connectivity index (χ4n) is 5.92. The summed E-state index contributed by atoms with van der Waals surface area (Å²) in [5.74, 6) is 1.20. The highest BCUT2D eigenvalue weighted by Crippen LogP contribution is 2.33. The van der Waals surface area contributed by atoms with Gasteiger partial charge in [0.2, 0.25) is 5.91 Å². The number of urea groups is 1. The summed E-state index contributed by atoms with van der Waals surface area (Å²) in [5, 5.41) is 12.5. The minimum Gasteiger partial charge on any atom is -0.342 e. The number of hydrogen-bond donors (Lipinski definition) is 3. The molecule has 2 aliphatic rings. The number of nitrogens with zero attached hydrogens (tertiary/aromatic N) is 2. The number of aromatic nitrogens is 1. The van der Waals surface area contributed by atoms with Crippen molar-refractivity contribution < 1.29 is 14.4 Å². The van der Waals surface area contributed by atoms with Crippen LogP contribution in [-0.2, 0) is 16.1 Å². The Hall–Kier alpha value is -3.30. The number of amides is 3. The highest BCUT2D eigenvalue weighted by molar-refractivity contribution is 8.00. The molecule has 3 aromatic rings. The van der Waals surface area contributed by atoms with Gasteiger partial charge in [-0.1, -0.05) is 61.2 Å². The Bertz CT molecular complexity index is 1440. The quantitative estimate of drug-likeness (QED) is 0.0742. The van der Waals surface area contributed by atoms with Gasteiger partial charge in [0.15, 0.2) is 0 Å². The molecule has 2 aromatic carbocycles. The minimum absolute atomic E-state index is 0.0491. The number of thioether (sulfide) groups is 1. The summed E-state index contributed by atoms with van der Waals surface area (Å²) in [4.78, 5) is 36.1. The number of para-hydroxylation sites is 1. The van der Waals surface area contributed by atoms with Crippen LogP contribution in [0.4, 0.5) is 4.79 Å². The van der Waals surface area contributed by atoms with E-state index in [1.807, 2.05) is 54.4 Å². The fourth-order valence-corrected chi connectivity index (χ4v) is 7.59. The van der Waals surface area contributed by atoms with Gasteiger partial charge in [-0.25, -0.2) is 10.2 Å². The molecule has 2 saturated heterocycles. The number of rotatable bonds is 16. The molecule has 2 aliphatic heterocycles. The average Bonchev–Trinajstić information content (AvgIpc) is 3.67. The van der Waals surface area contributed by atoms with Gasteiger partial charge in [-0.2, -0.15) is 16.9 Å². The van der Waals surface area contributed by atoms with E-state index in [9.17, 15) is 14.4 Å². The van der Waals surface area contributed by atoms with Crippen LogP contribution in [-0.4, -0.2) is 51.6 Å². The van der Waals surface area contributed by atoms with Crippen molar-refractivity contribution >= 4 is 58.2 Å². The van der Waals surface area contributed by atoms with Crippen LogP contribution < -0.4 is 16.1 Å². The lowest BCUT2D eigenvalue weighted by atomic mass is 10.0. The molecule has 3 unspecified atom stereocenters. The zero-order chi connectivity index (χ0) is 30.0. The molecular formula is C33H40ClN5O3S. The lowest BCUT2D eigenvalue weighted by molar-refractivity contribution is -0.121. The molecule has 1 aromatic heterocycles. The summed E-state index contributed by atoms with van der Waals surface area (Å²) in [7, 11) is 0. The predicted molar refractivity (Wildman–Crippen MR) is 175 cm³/mol. The van der Waals surface area contributed by atoms with Crippen LogP contribution in [0.25, 0.3) is 10.9 Å². The summed E-state index contributed by atoms with van der Waals surface area (Å²) >= 11 is 7.95. The Morgan fingerprint density at radius 1 is 0.977 bits per heavy atom. The molecule has 3 N–H and O–H groups in total. The molecule has 3 heterocycles. The van der Waals surface area contributed by atoms with Crippen molar-refractivity contribution in [2.75, 3.05) is 5.75 Å². The van der Waals surface area contributed by atoms with Crippen LogP contribution in [0.5, 0.6) is 0 Å². The maximum absolute atomic E-state index is 12.3. The van der Waals surface area contributed by atoms with Gasteiger partial charge in [0.25, 0.3) is 0 Å². The zero-order valence-electron chi connectivity index (χ0n) is 24.4. The molecule has 0 aliphatic carbocycles. The summed E-state index contributed by atoms with van der Waals surface area (Å²) in [6, 6.07) is 16.4. The third-order valence-electron chi connectivity index (χ3n) is 8.22. The first kappa shape index (κ1) is 31.1. The maximum Gasteiger partial charge on any atom is 0.315 e. The highest BCUT2D eigenvalue weighted by Gasteiger charge is 2.42. The van der Waals surface area contributed by atoms with E-state index in [0.29, 0.717) is 36.8 Å². The number of carbonyl (C=O) groups is 3. The third kappa shape index (κ3) is 8.86. The van der Waals surface area contributed by atoms with E-state index in [0.717, 1.165) is 77.8 Å². The summed E-state index contributed by atoms with van der Waals surface area (Å²) in [6.45, 7) is 0.712. The number of unbranched alkanes of at least 4 members (excludes halogenated alkanes) is 4. The second kappa shape index (κ2) is 15.4. The maximum atomic E-state index is 12.3. The summed E-state index contributed by atoms with van der Waals surface area (Å²) < 4.78 is 2.17. The van der Waals surface area contributed by atoms with Gasteiger partial charge < -0.3 is 15.2 Å². The number of carbonyl (C=O) groups excluding carboxylic acids is 3.